The zero-order chi connectivity index (χ0) is 15.7. The predicted octanol–water partition coefficient (Wildman–Crippen LogP) is 1.36. The van der Waals surface area contributed by atoms with Crippen LogP contribution in [0.5, 0.6) is 0 Å². The van der Waals surface area contributed by atoms with E-state index < -0.39 is 17.7 Å². The van der Waals surface area contributed by atoms with Gasteiger partial charge in [0.05, 0.1) is 12.1 Å². The van der Waals surface area contributed by atoms with Crippen molar-refractivity contribution in [2.75, 3.05) is 13.7 Å². The largest absolute Gasteiger partial charge is 0.442 e. The molecule has 1 aromatic carbocycles. The molecule has 2 heterocycles. The van der Waals surface area contributed by atoms with Crippen LogP contribution in [-0.2, 0) is 15.9 Å². The van der Waals surface area contributed by atoms with Gasteiger partial charge >= 0.3 is 6.09 Å². The quantitative estimate of drug-likeness (QED) is 0.881. The fourth-order valence-electron chi connectivity index (χ4n) is 3.15. The Morgan fingerprint density at radius 3 is 2.68 bits per heavy atom. The molecular weight excluding hydrogens is 294 g/mol. The lowest BCUT2D eigenvalue weighted by atomic mass is 9.96. The predicted molar refractivity (Wildman–Crippen MR) is 74.5 cm³/mol. The lowest BCUT2D eigenvalue weighted by Crippen LogP contribution is -2.44. The molecule has 2 fully saturated rings. The molecule has 4 atom stereocenters. The normalized spacial score (nSPS) is 31.1. The van der Waals surface area contributed by atoms with Gasteiger partial charge in [0.25, 0.3) is 0 Å². The van der Waals surface area contributed by atoms with Crippen molar-refractivity contribution in [3.05, 3.63) is 35.4 Å². The van der Waals surface area contributed by atoms with Crippen LogP contribution in [0.3, 0.4) is 0 Å². The van der Waals surface area contributed by atoms with Crippen molar-refractivity contribution in [2.24, 2.45) is 0 Å². The highest BCUT2D eigenvalue weighted by Gasteiger charge is 2.42. The molecule has 0 radical (unpaired) electrons. The van der Waals surface area contributed by atoms with Crippen molar-refractivity contribution in [1.29, 1.82) is 0 Å². The first-order valence-corrected chi connectivity index (χ1v) is 7.23. The van der Waals surface area contributed by atoms with E-state index in [-0.39, 0.29) is 24.3 Å². The molecule has 0 unspecified atom stereocenters. The molecule has 0 saturated carbocycles. The van der Waals surface area contributed by atoms with Crippen LogP contribution in [-0.4, -0.2) is 44.0 Å². The number of rotatable bonds is 4. The van der Waals surface area contributed by atoms with Crippen molar-refractivity contribution < 1.29 is 23.0 Å². The Morgan fingerprint density at radius 1 is 1.32 bits per heavy atom. The lowest BCUT2D eigenvalue weighted by Gasteiger charge is -2.23. The summed E-state index contributed by atoms with van der Waals surface area (Å²) in [5, 5.41) is 5.98. The molecule has 0 spiro atoms. The van der Waals surface area contributed by atoms with E-state index in [1.165, 1.54) is 12.1 Å². The summed E-state index contributed by atoms with van der Waals surface area (Å²) < 4.78 is 37.2. The van der Waals surface area contributed by atoms with Gasteiger partial charge in [0.1, 0.15) is 17.7 Å². The Labute approximate surface area is 127 Å². The maximum absolute atomic E-state index is 13.3. The van der Waals surface area contributed by atoms with E-state index in [1.54, 1.807) is 7.11 Å². The summed E-state index contributed by atoms with van der Waals surface area (Å²) in [4.78, 5) is 11.6. The Hall–Kier alpha value is -1.73. The van der Waals surface area contributed by atoms with Crippen LogP contribution in [0.2, 0.25) is 0 Å². The number of hydrogen-bond donors (Lipinski definition) is 2. The van der Waals surface area contributed by atoms with Crippen LogP contribution < -0.4 is 10.6 Å². The monoisotopic (exact) mass is 312 g/mol. The minimum absolute atomic E-state index is 0.0349. The van der Waals surface area contributed by atoms with Crippen molar-refractivity contribution >= 4 is 6.09 Å². The van der Waals surface area contributed by atoms with Gasteiger partial charge in [0.2, 0.25) is 0 Å². The first-order valence-electron chi connectivity index (χ1n) is 7.23. The summed E-state index contributed by atoms with van der Waals surface area (Å²) in [5.74, 6) is -1.26. The standard InChI is InChI=1S/C15H18F2N2O3/c1-21-11-6-12(18-7-11)14-13(19-15(20)22-14)4-8-2-9(16)5-10(17)3-8/h2-3,5,11-14,18H,4,6-7H2,1H3,(H,19,20)/t11-,12-,13+,14-/m1/s1. The number of halogens is 2. The Morgan fingerprint density at radius 2 is 2.05 bits per heavy atom. The van der Waals surface area contributed by atoms with Crippen molar-refractivity contribution in [3.8, 4) is 0 Å². The number of cyclic esters (lactones) is 1. The summed E-state index contributed by atoms with van der Waals surface area (Å²) in [6.07, 6.45) is 0.218. The van der Waals surface area contributed by atoms with Gasteiger partial charge in [-0.1, -0.05) is 0 Å². The van der Waals surface area contributed by atoms with Gasteiger partial charge in [0.15, 0.2) is 0 Å². The maximum Gasteiger partial charge on any atom is 0.407 e. The van der Waals surface area contributed by atoms with Gasteiger partial charge in [-0.3, -0.25) is 0 Å². The number of carbonyl (C=O) groups excluding carboxylic acids is 1. The first kappa shape index (κ1) is 15.2. The average molecular weight is 312 g/mol. The topological polar surface area (TPSA) is 59.6 Å². The molecule has 2 N–H and O–H groups in total. The first-order chi connectivity index (χ1) is 10.5. The van der Waals surface area contributed by atoms with Crippen LogP contribution in [0.4, 0.5) is 13.6 Å². The van der Waals surface area contributed by atoms with E-state index in [2.05, 4.69) is 10.6 Å². The highest BCUT2D eigenvalue weighted by Crippen LogP contribution is 2.23. The minimum Gasteiger partial charge on any atom is -0.442 e. The molecule has 120 valence electrons. The fraction of sp³-hybridized carbons (Fsp3) is 0.533. The second-order valence-electron chi connectivity index (χ2n) is 5.71. The van der Waals surface area contributed by atoms with E-state index in [9.17, 15) is 13.6 Å². The smallest absolute Gasteiger partial charge is 0.407 e. The van der Waals surface area contributed by atoms with Gasteiger partial charge in [-0.2, -0.15) is 0 Å². The third-order valence-electron chi connectivity index (χ3n) is 4.18. The third kappa shape index (κ3) is 3.20. The number of amides is 1. The molecule has 1 amide bonds. The second-order valence-corrected chi connectivity index (χ2v) is 5.71. The second kappa shape index (κ2) is 6.18. The molecule has 22 heavy (non-hydrogen) atoms. The van der Waals surface area contributed by atoms with E-state index in [4.69, 9.17) is 9.47 Å². The van der Waals surface area contributed by atoms with E-state index in [1.807, 2.05) is 0 Å². The molecule has 2 aliphatic rings. The average Bonchev–Trinajstić information content (AvgIpc) is 3.04. The zero-order valence-corrected chi connectivity index (χ0v) is 12.1. The number of hydrogen-bond acceptors (Lipinski definition) is 4. The number of carbonyl (C=O) groups is 1. The maximum atomic E-state index is 13.3. The minimum atomic E-state index is -0.629. The lowest BCUT2D eigenvalue weighted by molar-refractivity contribution is 0.0912. The SMILES string of the molecule is CO[C@H]1CN[C@@H]([C@H]2OC(=O)N[C@H]2Cc2cc(F)cc(F)c2)C1. The van der Waals surface area contributed by atoms with Crippen LogP contribution >= 0.6 is 0 Å². The number of ether oxygens (including phenoxy) is 2. The van der Waals surface area contributed by atoms with Gasteiger partial charge in [-0.05, 0) is 30.5 Å². The van der Waals surface area contributed by atoms with E-state index in [0.29, 0.717) is 18.5 Å². The van der Waals surface area contributed by atoms with Gasteiger partial charge in [-0.25, -0.2) is 13.6 Å². The summed E-state index contributed by atoms with van der Waals surface area (Å²) in [7, 11) is 1.64. The molecule has 5 nitrogen and oxygen atoms in total. The highest BCUT2D eigenvalue weighted by atomic mass is 19.1. The van der Waals surface area contributed by atoms with E-state index in [0.717, 1.165) is 12.5 Å². The molecule has 1 aromatic rings. The Kier molecular flexibility index (Phi) is 4.26. The molecule has 0 aliphatic carbocycles. The third-order valence-corrected chi connectivity index (χ3v) is 4.18. The summed E-state index contributed by atoms with van der Waals surface area (Å²) in [6.45, 7) is 0.691. The number of alkyl carbamates (subject to hydrolysis) is 1. The molecule has 2 saturated heterocycles. The molecule has 0 aromatic heterocycles. The van der Waals surface area contributed by atoms with Crippen LogP contribution in [0.25, 0.3) is 0 Å². The van der Waals surface area contributed by atoms with Crippen molar-refractivity contribution in [1.82, 2.24) is 10.6 Å². The molecule has 0 bridgehead atoms. The van der Waals surface area contributed by atoms with Gasteiger partial charge in [0, 0.05) is 25.8 Å². The number of methoxy groups -OCH3 is 1. The van der Waals surface area contributed by atoms with Crippen molar-refractivity contribution in [3.63, 3.8) is 0 Å². The van der Waals surface area contributed by atoms with Crippen molar-refractivity contribution in [2.45, 2.75) is 37.1 Å². The molecular formula is C15H18F2N2O3. The molecule has 7 heteroatoms. The molecule has 2 aliphatic heterocycles. The number of nitrogens with one attached hydrogen (secondary N) is 2. The summed E-state index contributed by atoms with van der Waals surface area (Å²) >= 11 is 0. The van der Waals surface area contributed by atoms with Gasteiger partial charge in [-0.15, -0.1) is 0 Å². The zero-order valence-electron chi connectivity index (χ0n) is 12.1. The van der Waals surface area contributed by atoms with Gasteiger partial charge < -0.3 is 20.1 Å². The van der Waals surface area contributed by atoms with E-state index >= 15 is 0 Å². The number of benzene rings is 1. The van der Waals surface area contributed by atoms with Crippen LogP contribution in [0.15, 0.2) is 18.2 Å². The molecule has 3 rings (SSSR count). The van der Waals surface area contributed by atoms with Crippen LogP contribution in [0, 0.1) is 11.6 Å². The Balaban J connectivity index is 1.72. The summed E-state index contributed by atoms with van der Waals surface area (Å²) in [5.41, 5.74) is 0.486. The van der Waals surface area contributed by atoms with Crippen LogP contribution in [0.1, 0.15) is 12.0 Å². The fourth-order valence-corrected chi connectivity index (χ4v) is 3.15. The highest BCUT2D eigenvalue weighted by molar-refractivity contribution is 5.70. The summed E-state index contributed by atoms with van der Waals surface area (Å²) in [6, 6.07) is 3.00. The Bertz CT molecular complexity index is 549.